The van der Waals surface area contributed by atoms with Gasteiger partial charge in [0, 0.05) is 17.4 Å². The van der Waals surface area contributed by atoms with Gasteiger partial charge in [0.2, 0.25) is 5.91 Å². The van der Waals surface area contributed by atoms with E-state index in [-0.39, 0.29) is 23.4 Å². The minimum atomic E-state index is -0.519. The van der Waals surface area contributed by atoms with Crippen LogP contribution in [-0.4, -0.2) is 15.3 Å². The molecule has 5 nitrogen and oxygen atoms in total. The first-order chi connectivity index (χ1) is 11.4. The number of hydrogen-bond acceptors (Lipinski definition) is 4. The standard InChI is InChI=1S/C16H13ClFN3O2S/c1-8-12(7-13(19)22)21-14(23)6-10(20-16(21)24-8)5-9-3-2-4-11(17)15(9)18/h2-4,6H,5,7H2,1H3,(H2,19,22). The second kappa shape index (κ2) is 6.33. The highest BCUT2D eigenvalue weighted by molar-refractivity contribution is 7.17. The summed E-state index contributed by atoms with van der Waals surface area (Å²) in [5, 5.41) is 0.0287. The van der Waals surface area contributed by atoms with Crippen LogP contribution >= 0.6 is 22.9 Å². The number of carbonyl (C=O) groups is 1. The minimum Gasteiger partial charge on any atom is -0.369 e. The van der Waals surface area contributed by atoms with Crippen LogP contribution in [0.2, 0.25) is 5.02 Å². The Balaban J connectivity index is 2.07. The summed E-state index contributed by atoms with van der Waals surface area (Å²) in [6.07, 6.45) is 0.121. The van der Waals surface area contributed by atoms with Crippen molar-refractivity contribution in [2.75, 3.05) is 0 Å². The summed E-state index contributed by atoms with van der Waals surface area (Å²) in [6, 6.07) is 6.05. The highest BCUT2D eigenvalue weighted by atomic mass is 35.5. The van der Waals surface area contributed by atoms with Crippen LogP contribution in [0.4, 0.5) is 4.39 Å². The van der Waals surface area contributed by atoms with Gasteiger partial charge in [-0.05, 0) is 18.6 Å². The number of benzene rings is 1. The maximum absolute atomic E-state index is 14.0. The van der Waals surface area contributed by atoms with Crippen molar-refractivity contribution in [2.24, 2.45) is 5.73 Å². The minimum absolute atomic E-state index is 0.0287. The molecule has 0 saturated heterocycles. The predicted molar refractivity (Wildman–Crippen MR) is 91.2 cm³/mol. The molecular weight excluding hydrogens is 353 g/mol. The van der Waals surface area contributed by atoms with Gasteiger partial charge in [0.05, 0.1) is 22.8 Å². The fraction of sp³-hybridized carbons (Fsp3) is 0.188. The number of fused-ring (bicyclic) bond motifs is 1. The van der Waals surface area contributed by atoms with Gasteiger partial charge in [-0.25, -0.2) is 9.37 Å². The van der Waals surface area contributed by atoms with E-state index in [1.807, 2.05) is 0 Å². The molecule has 2 aromatic heterocycles. The van der Waals surface area contributed by atoms with Crippen LogP contribution in [0.15, 0.2) is 29.1 Å². The van der Waals surface area contributed by atoms with Crippen molar-refractivity contribution in [2.45, 2.75) is 19.8 Å². The third kappa shape index (κ3) is 3.05. The first-order valence-electron chi connectivity index (χ1n) is 7.09. The summed E-state index contributed by atoms with van der Waals surface area (Å²) >= 11 is 7.07. The number of hydrogen-bond donors (Lipinski definition) is 1. The molecule has 0 fully saturated rings. The molecule has 2 heterocycles. The second-order valence-electron chi connectivity index (χ2n) is 5.34. The molecule has 0 atom stereocenters. The molecule has 0 aliphatic carbocycles. The molecule has 0 aliphatic rings. The molecule has 0 radical (unpaired) electrons. The smallest absolute Gasteiger partial charge is 0.258 e. The van der Waals surface area contributed by atoms with E-state index in [1.54, 1.807) is 19.1 Å². The maximum atomic E-state index is 14.0. The van der Waals surface area contributed by atoms with Crippen LogP contribution in [0.5, 0.6) is 0 Å². The van der Waals surface area contributed by atoms with Crippen LogP contribution in [0.1, 0.15) is 21.8 Å². The molecule has 3 aromatic rings. The normalized spacial score (nSPS) is 11.1. The number of nitrogens with zero attached hydrogens (tertiary/aromatic N) is 2. The van der Waals surface area contributed by atoms with Gasteiger partial charge < -0.3 is 5.73 Å². The predicted octanol–water partition coefficient (Wildman–Crippen LogP) is 2.48. The lowest BCUT2D eigenvalue weighted by atomic mass is 10.1. The van der Waals surface area contributed by atoms with E-state index in [0.717, 1.165) is 4.88 Å². The number of aryl methyl sites for hydroxylation is 1. The number of thiazole rings is 1. The molecule has 124 valence electrons. The lowest BCUT2D eigenvalue weighted by Crippen LogP contribution is -2.21. The fourth-order valence-electron chi connectivity index (χ4n) is 2.52. The number of nitrogens with two attached hydrogens (primary N) is 1. The number of carbonyl (C=O) groups excluding carboxylic acids is 1. The molecule has 0 bridgehead atoms. The largest absolute Gasteiger partial charge is 0.369 e. The highest BCUT2D eigenvalue weighted by Gasteiger charge is 2.16. The lowest BCUT2D eigenvalue weighted by Gasteiger charge is -2.05. The topological polar surface area (TPSA) is 77.5 Å². The zero-order valence-electron chi connectivity index (χ0n) is 12.7. The summed E-state index contributed by atoms with van der Waals surface area (Å²) in [5.74, 6) is -1.03. The molecule has 0 saturated carbocycles. The SMILES string of the molecule is Cc1sc2nc(Cc3cccc(Cl)c3F)cc(=O)n2c1CC(N)=O. The Morgan fingerprint density at radius 3 is 2.92 bits per heavy atom. The summed E-state index contributed by atoms with van der Waals surface area (Å²) in [5.41, 5.74) is 6.26. The van der Waals surface area contributed by atoms with E-state index in [1.165, 1.54) is 27.9 Å². The van der Waals surface area contributed by atoms with Gasteiger partial charge in [-0.2, -0.15) is 0 Å². The van der Waals surface area contributed by atoms with Crippen molar-refractivity contribution < 1.29 is 9.18 Å². The van der Waals surface area contributed by atoms with E-state index in [4.69, 9.17) is 17.3 Å². The summed E-state index contributed by atoms with van der Waals surface area (Å²) in [4.78, 5) is 29.3. The third-order valence-electron chi connectivity index (χ3n) is 3.61. The Bertz CT molecular complexity index is 1010. The van der Waals surface area contributed by atoms with Crippen LogP contribution in [0.3, 0.4) is 0 Å². The van der Waals surface area contributed by atoms with Gasteiger partial charge in [0.1, 0.15) is 5.82 Å². The summed E-state index contributed by atoms with van der Waals surface area (Å²) < 4.78 is 15.4. The van der Waals surface area contributed by atoms with Gasteiger partial charge in [-0.1, -0.05) is 23.7 Å². The van der Waals surface area contributed by atoms with Crippen LogP contribution in [-0.2, 0) is 17.6 Å². The molecule has 1 aromatic carbocycles. The number of rotatable bonds is 4. The molecule has 24 heavy (non-hydrogen) atoms. The number of halogens is 2. The van der Waals surface area contributed by atoms with E-state index in [0.29, 0.717) is 21.9 Å². The number of aromatic nitrogens is 2. The van der Waals surface area contributed by atoms with Crippen molar-refractivity contribution in [3.05, 3.63) is 67.3 Å². The van der Waals surface area contributed by atoms with Crippen LogP contribution < -0.4 is 11.3 Å². The monoisotopic (exact) mass is 365 g/mol. The first-order valence-corrected chi connectivity index (χ1v) is 8.28. The van der Waals surface area contributed by atoms with Gasteiger partial charge in [-0.15, -0.1) is 11.3 Å². The van der Waals surface area contributed by atoms with Crippen molar-refractivity contribution in [3.63, 3.8) is 0 Å². The van der Waals surface area contributed by atoms with Gasteiger partial charge >= 0.3 is 0 Å². The van der Waals surface area contributed by atoms with Gasteiger partial charge in [0.25, 0.3) is 5.56 Å². The highest BCUT2D eigenvalue weighted by Crippen LogP contribution is 2.22. The van der Waals surface area contributed by atoms with Crippen molar-refractivity contribution in [1.29, 1.82) is 0 Å². The molecule has 1 amide bonds. The Hall–Kier alpha value is -2.25. The summed E-state index contributed by atoms with van der Waals surface area (Å²) in [7, 11) is 0. The molecule has 8 heteroatoms. The molecule has 0 spiro atoms. The average Bonchev–Trinajstić information content (AvgIpc) is 2.80. The molecule has 2 N–H and O–H groups in total. The zero-order valence-corrected chi connectivity index (χ0v) is 14.2. The van der Waals surface area contributed by atoms with Crippen LogP contribution in [0.25, 0.3) is 4.96 Å². The Morgan fingerprint density at radius 2 is 2.21 bits per heavy atom. The van der Waals surface area contributed by atoms with Gasteiger partial charge in [-0.3, -0.25) is 14.0 Å². The van der Waals surface area contributed by atoms with E-state index >= 15 is 0 Å². The average molecular weight is 366 g/mol. The Kier molecular flexibility index (Phi) is 4.38. The van der Waals surface area contributed by atoms with Crippen molar-refractivity contribution in [1.82, 2.24) is 9.38 Å². The first kappa shape index (κ1) is 16.6. The van der Waals surface area contributed by atoms with Crippen molar-refractivity contribution in [3.8, 4) is 0 Å². The number of amides is 1. The molecule has 3 rings (SSSR count). The number of primary amides is 1. The van der Waals surface area contributed by atoms with Crippen LogP contribution in [0, 0.1) is 12.7 Å². The van der Waals surface area contributed by atoms with E-state index in [9.17, 15) is 14.0 Å². The van der Waals surface area contributed by atoms with Crippen molar-refractivity contribution >= 4 is 33.8 Å². The molecule has 0 unspecified atom stereocenters. The Labute approximate surface area is 145 Å². The van der Waals surface area contributed by atoms with Gasteiger partial charge in [0.15, 0.2) is 4.96 Å². The lowest BCUT2D eigenvalue weighted by molar-refractivity contribution is -0.117. The zero-order chi connectivity index (χ0) is 17.4. The summed E-state index contributed by atoms with van der Waals surface area (Å²) in [6.45, 7) is 1.80. The third-order valence-corrected chi connectivity index (χ3v) is 4.90. The second-order valence-corrected chi connectivity index (χ2v) is 6.93. The van der Waals surface area contributed by atoms with E-state index in [2.05, 4.69) is 4.98 Å². The molecular formula is C16H13ClFN3O2S. The molecule has 0 aliphatic heterocycles. The fourth-order valence-corrected chi connectivity index (χ4v) is 3.72. The Morgan fingerprint density at radius 1 is 1.46 bits per heavy atom. The maximum Gasteiger partial charge on any atom is 0.258 e. The quantitative estimate of drug-likeness (QED) is 0.771. The van der Waals surface area contributed by atoms with E-state index < -0.39 is 11.7 Å².